The molecular weight excluding hydrogens is 274 g/mol. The van der Waals surface area contributed by atoms with Gasteiger partial charge in [0.25, 0.3) is 5.91 Å². The predicted octanol–water partition coefficient (Wildman–Crippen LogP) is 2.84. The number of hydrogen-bond donors (Lipinski definition) is 2. The normalized spacial score (nSPS) is 10.9. The van der Waals surface area contributed by atoms with Crippen molar-refractivity contribution in [3.63, 3.8) is 0 Å². The highest BCUT2D eigenvalue weighted by atomic mass is 35.5. The summed E-state index contributed by atoms with van der Waals surface area (Å²) in [5, 5.41) is 6.67. The first-order valence-electron chi connectivity index (χ1n) is 6.97. The third-order valence-electron chi connectivity index (χ3n) is 3.23. The molecule has 1 amide bonds. The number of rotatable bonds is 7. The Bertz CT molecular complexity index is 449. The van der Waals surface area contributed by atoms with Crippen LogP contribution in [0.4, 0.5) is 5.69 Å². The maximum Gasteiger partial charge on any atom is 0.253 e. The fourth-order valence-corrected chi connectivity index (χ4v) is 1.92. The van der Waals surface area contributed by atoms with Crippen LogP contribution >= 0.6 is 11.6 Å². The van der Waals surface area contributed by atoms with Crippen molar-refractivity contribution in [3.8, 4) is 0 Å². The lowest BCUT2D eigenvalue weighted by molar-refractivity contribution is 0.0949. The second-order valence-electron chi connectivity index (χ2n) is 5.05. The lowest BCUT2D eigenvalue weighted by atomic mass is 10.1. The van der Waals surface area contributed by atoms with Crippen LogP contribution in [0.2, 0.25) is 5.02 Å². The van der Waals surface area contributed by atoms with Crippen LogP contribution in [-0.2, 0) is 0 Å². The molecule has 0 spiro atoms. The van der Waals surface area contributed by atoms with Gasteiger partial charge < -0.3 is 15.5 Å². The van der Waals surface area contributed by atoms with Gasteiger partial charge in [0.1, 0.15) is 0 Å². The zero-order valence-electron chi connectivity index (χ0n) is 12.7. The summed E-state index contributed by atoms with van der Waals surface area (Å²) >= 11 is 5.97. The van der Waals surface area contributed by atoms with Crippen molar-refractivity contribution >= 4 is 23.2 Å². The van der Waals surface area contributed by atoms with Gasteiger partial charge in [-0.2, -0.15) is 0 Å². The van der Waals surface area contributed by atoms with Gasteiger partial charge in [-0.15, -0.1) is 0 Å². The minimum Gasteiger partial charge on any atom is -0.385 e. The summed E-state index contributed by atoms with van der Waals surface area (Å²) in [6.07, 6.45) is 0. The fourth-order valence-electron chi connectivity index (χ4n) is 1.75. The number of carbonyl (C=O) groups is 1. The van der Waals surface area contributed by atoms with Gasteiger partial charge in [-0.05, 0) is 46.0 Å². The van der Waals surface area contributed by atoms with Gasteiger partial charge in [-0.3, -0.25) is 4.79 Å². The van der Waals surface area contributed by atoms with Crippen molar-refractivity contribution in [2.75, 3.05) is 32.0 Å². The first kappa shape index (κ1) is 16.8. The van der Waals surface area contributed by atoms with Crippen LogP contribution in [-0.4, -0.2) is 43.5 Å². The lowest BCUT2D eigenvalue weighted by Gasteiger charge is -2.21. The lowest BCUT2D eigenvalue weighted by Crippen LogP contribution is -2.36. The molecule has 1 aromatic carbocycles. The Morgan fingerprint density at radius 2 is 2.10 bits per heavy atom. The van der Waals surface area contributed by atoms with E-state index < -0.39 is 0 Å². The molecule has 2 N–H and O–H groups in total. The summed E-state index contributed by atoms with van der Waals surface area (Å²) in [5.41, 5.74) is 1.40. The maximum absolute atomic E-state index is 12.2. The molecule has 5 heteroatoms. The fraction of sp³-hybridized carbons (Fsp3) is 0.533. The van der Waals surface area contributed by atoms with E-state index in [1.54, 1.807) is 12.1 Å². The molecule has 0 fully saturated rings. The summed E-state index contributed by atoms with van der Waals surface area (Å²) in [7, 11) is 2.04. The van der Waals surface area contributed by atoms with E-state index in [1.807, 2.05) is 20.0 Å². The summed E-state index contributed by atoms with van der Waals surface area (Å²) < 4.78 is 0. The molecule has 0 bridgehead atoms. The SMILES string of the molecule is CCNc1ccc(Cl)cc1C(=O)NCCN(C)C(C)C. The Balaban J connectivity index is 2.65. The van der Waals surface area contributed by atoms with E-state index in [1.165, 1.54) is 0 Å². The minimum absolute atomic E-state index is 0.0967. The maximum atomic E-state index is 12.2. The molecule has 0 saturated carbocycles. The first-order chi connectivity index (χ1) is 9.45. The van der Waals surface area contributed by atoms with Crippen molar-refractivity contribution in [2.24, 2.45) is 0 Å². The highest BCUT2D eigenvalue weighted by molar-refractivity contribution is 6.31. The standard InChI is InChI=1S/C15H24ClN3O/c1-5-17-14-7-6-12(16)10-13(14)15(20)18-8-9-19(4)11(2)3/h6-7,10-11,17H,5,8-9H2,1-4H3,(H,18,20). The van der Waals surface area contributed by atoms with Crippen LogP contribution in [0.25, 0.3) is 0 Å². The summed E-state index contributed by atoms with van der Waals surface area (Å²) in [6.45, 7) is 8.45. The van der Waals surface area contributed by atoms with E-state index in [0.717, 1.165) is 18.8 Å². The third-order valence-corrected chi connectivity index (χ3v) is 3.46. The van der Waals surface area contributed by atoms with Gasteiger partial charge in [0.05, 0.1) is 5.56 Å². The van der Waals surface area contributed by atoms with E-state index >= 15 is 0 Å². The molecule has 1 rings (SSSR count). The highest BCUT2D eigenvalue weighted by Gasteiger charge is 2.12. The number of carbonyl (C=O) groups excluding carboxylic acids is 1. The van der Waals surface area contributed by atoms with Crippen LogP contribution in [0.15, 0.2) is 18.2 Å². The quantitative estimate of drug-likeness (QED) is 0.813. The van der Waals surface area contributed by atoms with Gasteiger partial charge in [-0.1, -0.05) is 11.6 Å². The Morgan fingerprint density at radius 1 is 1.40 bits per heavy atom. The van der Waals surface area contributed by atoms with E-state index in [4.69, 9.17) is 11.6 Å². The van der Waals surface area contributed by atoms with Gasteiger partial charge in [0, 0.05) is 36.4 Å². The topological polar surface area (TPSA) is 44.4 Å². The molecule has 112 valence electrons. The van der Waals surface area contributed by atoms with Crippen LogP contribution in [0.5, 0.6) is 0 Å². The van der Waals surface area contributed by atoms with E-state index in [0.29, 0.717) is 23.2 Å². The summed E-state index contributed by atoms with van der Waals surface area (Å²) in [6, 6.07) is 5.78. The number of nitrogens with one attached hydrogen (secondary N) is 2. The molecule has 0 radical (unpaired) electrons. The number of hydrogen-bond acceptors (Lipinski definition) is 3. The number of anilines is 1. The molecule has 0 aliphatic heterocycles. The van der Waals surface area contributed by atoms with Crippen molar-refractivity contribution in [1.82, 2.24) is 10.2 Å². The molecule has 4 nitrogen and oxygen atoms in total. The van der Waals surface area contributed by atoms with E-state index in [-0.39, 0.29) is 5.91 Å². The van der Waals surface area contributed by atoms with Crippen LogP contribution < -0.4 is 10.6 Å². The van der Waals surface area contributed by atoms with E-state index in [9.17, 15) is 4.79 Å². The number of benzene rings is 1. The molecule has 0 saturated heterocycles. The number of amides is 1. The van der Waals surface area contributed by atoms with Crippen molar-refractivity contribution in [1.29, 1.82) is 0 Å². The molecule has 1 aromatic rings. The second kappa shape index (κ2) is 8.12. The van der Waals surface area contributed by atoms with Crippen LogP contribution in [0, 0.1) is 0 Å². The molecule has 0 atom stereocenters. The van der Waals surface area contributed by atoms with Gasteiger partial charge in [0.15, 0.2) is 0 Å². The average Bonchev–Trinajstić information content (AvgIpc) is 2.40. The van der Waals surface area contributed by atoms with Gasteiger partial charge >= 0.3 is 0 Å². The summed E-state index contributed by atoms with van der Waals surface area (Å²) in [4.78, 5) is 14.4. The third kappa shape index (κ3) is 5.02. The second-order valence-corrected chi connectivity index (χ2v) is 5.49. The van der Waals surface area contributed by atoms with Crippen molar-refractivity contribution < 1.29 is 4.79 Å². The zero-order chi connectivity index (χ0) is 15.1. The summed E-state index contributed by atoms with van der Waals surface area (Å²) in [5.74, 6) is -0.0967. The highest BCUT2D eigenvalue weighted by Crippen LogP contribution is 2.20. The van der Waals surface area contributed by atoms with Crippen molar-refractivity contribution in [3.05, 3.63) is 28.8 Å². The molecule has 0 aromatic heterocycles. The zero-order valence-corrected chi connectivity index (χ0v) is 13.4. The molecule has 0 aliphatic carbocycles. The Hall–Kier alpha value is -1.26. The van der Waals surface area contributed by atoms with Crippen LogP contribution in [0.1, 0.15) is 31.1 Å². The molecule has 0 aliphatic rings. The molecule has 0 heterocycles. The molecule has 20 heavy (non-hydrogen) atoms. The molecular formula is C15H24ClN3O. The van der Waals surface area contributed by atoms with Gasteiger partial charge in [-0.25, -0.2) is 0 Å². The number of likely N-dealkylation sites (N-methyl/N-ethyl adjacent to an activating group) is 1. The first-order valence-corrected chi connectivity index (χ1v) is 7.35. The largest absolute Gasteiger partial charge is 0.385 e. The van der Waals surface area contributed by atoms with Gasteiger partial charge in [0.2, 0.25) is 0 Å². The average molecular weight is 298 g/mol. The Morgan fingerprint density at radius 3 is 2.70 bits per heavy atom. The van der Waals surface area contributed by atoms with Crippen LogP contribution in [0.3, 0.4) is 0 Å². The number of halogens is 1. The monoisotopic (exact) mass is 297 g/mol. The Kier molecular flexibility index (Phi) is 6.82. The van der Waals surface area contributed by atoms with E-state index in [2.05, 4.69) is 29.4 Å². The Labute approximate surface area is 126 Å². The smallest absolute Gasteiger partial charge is 0.253 e. The number of nitrogens with zero attached hydrogens (tertiary/aromatic N) is 1. The minimum atomic E-state index is -0.0967. The predicted molar refractivity (Wildman–Crippen MR) is 85.7 cm³/mol. The molecule has 0 unspecified atom stereocenters. The van der Waals surface area contributed by atoms with Crippen molar-refractivity contribution in [2.45, 2.75) is 26.8 Å².